The van der Waals surface area contributed by atoms with Gasteiger partial charge in [-0.15, -0.1) is 22.9 Å². The molecule has 1 aromatic heterocycles. The van der Waals surface area contributed by atoms with Gasteiger partial charge in [-0.1, -0.05) is 6.07 Å². The Morgan fingerprint density at radius 2 is 2.21 bits per heavy atom. The monoisotopic (exact) mass is 302 g/mol. The lowest BCUT2D eigenvalue weighted by Crippen LogP contribution is -2.15. The van der Waals surface area contributed by atoms with Crippen molar-refractivity contribution in [3.8, 4) is 0 Å². The van der Waals surface area contributed by atoms with Crippen LogP contribution in [-0.4, -0.2) is 10.9 Å². The van der Waals surface area contributed by atoms with Gasteiger partial charge < -0.3 is 5.32 Å². The fourth-order valence-electron chi connectivity index (χ4n) is 1.42. The topological polar surface area (TPSA) is 42.0 Å². The van der Waals surface area contributed by atoms with E-state index in [1.807, 2.05) is 0 Å². The van der Waals surface area contributed by atoms with Gasteiger partial charge >= 0.3 is 0 Å². The number of hydrogen-bond donors (Lipinski definition) is 1. The Bertz CT molecular complexity index is 603. The van der Waals surface area contributed by atoms with Crippen molar-refractivity contribution >= 4 is 34.5 Å². The first-order valence-corrected chi connectivity index (χ1v) is 6.74. The second-order valence-corrected chi connectivity index (χ2v) is 4.90. The Morgan fingerprint density at radius 3 is 2.89 bits per heavy atom. The van der Waals surface area contributed by atoms with Gasteiger partial charge in [-0.25, -0.2) is 13.8 Å². The molecule has 0 aliphatic carbocycles. The average Bonchev–Trinajstić information content (AvgIpc) is 2.82. The van der Waals surface area contributed by atoms with E-state index in [0.717, 1.165) is 6.07 Å². The van der Waals surface area contributed by atoms with Gasteiger partial charge in [0.25, 0.3) is 0 Å². The molecule has 1 amide bonds. The second kappa shape index (κ2) is 6.08. The Balaban J connectivity index is 2.03. The molecule has 7 heteroatoms. The van der Waals surface area contributed by atoms with Crippen molar-refractivity contribution in [1.82, 2.24) is 4.98 Å². The largest absolute Gasteiger partial charge is 0.323 e. The lowest BCUT2D eigenvalue weighted by molar-refractivity contribution is -0.115. The van der Waals surface area contributed by atoms with Crippen LogP contribution in [0, 0.1) is 11.6 Å². The van der Waals surface area contributed by atoms with Gasteiger partial charge in [0.1, 0.15) is 5.01 Å². The summed E-state index contributed by atoms with van der Waals surface area (Å²) < 4.78 is 26.3. The summed E-state index contributed by atoms with van der Waals surface area (Å²) in [6.45, 7) is 0. The quantitative estimate of drug-likeness (QED) is 0.880. The van der Waals surface area contributed by atoms with Crippen LogP contribution in [0.2, 0.25) is 0 Å². The summed E-state index contributed by atoms with van der Waals surface area (Å²) in [5.74, 6) is -2.26. The lowest BCUT2D eigenvalue weighted by Gasteiger charge is -2.05. The Morgan fingerprint density at radius 1 is 1.42 bits per heavy atom. The molecule has 2 aromatic rings. The molecule has 0 aliphatic heterocycles. The standard InChI is InChI=1S/C12H9ClF2N2OS/c13-5-7-6-19-11(16-7)4-10(18)17-9-3-1-2-8(14)12(9)15/h1-3,6H,4-5H2,(H,17,18). The number of hydrogen-bond acceptors (Lipinski definition) is 3. The molecule has 1 heterocycles. The SMILES string of the molecule is O=C(Cc1nc(CCl)cs1)Nc1cccc(F)c1F. The first-order valence-electron chi connectivity index (χ1n) is 5.33. The first kappa shape index (κ1) is 13.9. The van der Waals surface area contributed by atoms with Crippen molar-refractivity contribution < 1.29 is 13.6 Å². The van der Waals surface area contributed by atoms with Crippen LogP contribution in [0.5, 0.6) is 0 Å². The van der Waals surface area contributed by atoms with E-state index < -0.39 is 17.5 Å². The minimum Gasteiger partial charge on any atom is -0.323 e. The van der Waals surface area contributed by atoms with Crippen molar-refractivity contribution in [3.05, 3.63) is 45.9 Å². The van der Waals surface area contributed by atoms with Crippen molar-refractivity contribution in [3.63, 3.8) is 0 Å². The molecule has 0 radical (unpaired) electrons. The van der Waals surface area contributed by atoms with E-state index in [0.29, 0.717) is 10.7 Å². The number of carbonyl (C=O) groups excluding carboxylic acids is 1. The molecule has 2 rings (SSSR count). The third kappa shape index (κ3) is 3.48. The Hall–Kier alpha value is -1.53. The van der Waals surface area contributed by atoms with Gasteiger partial charge in [0.05, 0.1) is 23.7 Å². The molecule has 100 valence electrons. The number of aromatic nitrogens is 1. The number of rotatable bonds is 4. The van der Waals surface area contributed by atoms with Crippen molar-refractivity contribution in [2.45, 2.75) is 12.3 Å². The zero-order valence-corrected chi connectivity index (χ0v) is 11.2. The predicted octanol–water partition coefficient (Wildman–Crippen LogP) is 3.34. The zero-order valence-electron chi connectivity index (χ0n) is 9.62. The molecule has 0 saturated heterocycles. The maximum absolute atomic E-state index is 13.3. The summed E-state index contributed by atoms with van der Waals surface area (Å²) in [4.78, 5) is 15.8. The molecule has 1 aromatic carbocycles. The van der Waals surface area contributed by atoms with E-state index in [-0.39, 0.29) is 18.0 Å². The third-order valence-electron chi connectivity index (χ3n) is 2.27. The number of anilines is 1. The van der Waals surface area contributed by atoms with E-state index in [1.165, 1.54) is 23.5 Å². The third-order valence-corrected chi connectivity index (χ3v) is 3.45. The highest BCUT2D eigenvalue weighted by molar-refractivity contribution is 7.09. The van der Waals surface area contributed by atoms with Gasteiger partial charge in [0, 0.05) is 5.38 Å². The molecule has 0 unspecified atom stereocenters. The lowest BCUT2D eigenvalue weighted by atomic mass is 10.3. The number of nitrogens with one attached hydrogen (secondary N) is 1. The van der Waals surface area contributed by atoms with Crippen LogP contribution in [0.4, 0.5) is 14.5 Å². The smallest absolute Gasteiger partial charge is 0.231 e. The normalized spacial score (nSPS) is 10.5. The zero-order chi connectivity index (χ0) is 13.8. The Labute approximate surface area is 117 Å². The minimum atomic E-state index is -1.07. The highest BCUT2D eigenvalue weighted by Gasteiger charge is 2.12. The first-order chi connectivity index (χ1) is 9.10. The molecule has 3 nitrogen and oxygen atoms in total. The molecule has 0 saturated carbocycles. The maximum atomic E-state index is 13.3. The van der Waals surface area contributed by atoms with Crippen LogP contribution in [0.25, 0.3) is 0 Å². The number of nitrogens with zero attached hydrogens (tertiary/aromatic N) is 1. The van der Waals surface area contributed by atoms with E-state index in [9.17, 15) is 13.6 Å². The average molecular weight is 303 g/mol. The minimum absolute atomic E-state index is 0.00247. The van der Waals surface area contributed by atoms with Crippen LogP contribution in [0.1, 0.15) is 10.7 Å². The highest BCUT2D eigenvalue weighted by Crippen LogP contribution is 2.17. The van der Waals surface area contributed by atoms with E-state index in [1.54, 1.807) is 5.38 Å². The molecule has 0 atom stereocenters. The van der Waals surface area contributed by atoms with Crippen molar-refractivity contribution in [2.75, 3.05) is 5.32 Å². The summed E-state index contributed by atoms with van der Waals surface area (Å²) in [6, 6.07) is 3.60. The molecule has 0 spiro atoms. The summed E-state index contributed by atoms with van der Waals surface area (Å²) >= 11 is 6.89. The van der Waals surface area contributed by atoms with E-state index in [2.05, 4.69) is 10.3 Å². The molecular weight excluding hydrogens is 294 g/mol. The maximum Gasteiger partial charge on any atom is 0.231 e. The molecule has 0 fully saturated rings. The van der Waals surface area contributed by atoms with Crippen LogP contribution in [0.3, 0.4) is 0 Å². The van der Waals surface area contributed by atoms with Crippen molar-refractivity contribution in [2.24, 2.45) is 0 Å². The highest BCUT2D eigenvalue weighted by atomic mass is 35.5. The van der Waals surface area contributed by atoms with Gasteiger partial charge in [-0.05, 0) is 12.1 Å². The molecular formula is C12H9ClF2N2OS. The number of carbonyl (C=O) groups is 1. The number of benzene rings is 1. The molecule has 0 bridgehead atoms. The second-order valence-electron chi connectivity index (χ2n) is 3.69. The van der Waals surface area contributed by atoms with Gasteiger partial charge in [-0.3, -0.25) is 4.79 Å². The summed E-state index contributed by atoms with van der Waals surface area (Å²) in [7, 11) is 0. The summed E-state index contributed by atoms with van der Waals surface area (Å²) in [5.41, 5.74) is 0.505. The fourth-order valence-corrected chi connectivity index (χ4v) is 2.44. The molecule has 1 N–H and O–H groups in total. The Kier molecular flexibility index (Phi) is 4.44. The van der Waals surface area contributed by atoms with Gasteiger partial charge in [0.2, 0.25) is 5.91 Å². The predicted molar refractivity (Wildman–Crippen MR) is 70.4 cm³/mol. The fraction of sp³-hybridized carbons (Fsp3) is 0.167. The number of halogens is 3. The van der Waals surface area contributed by atoms with Gasteiger partial charge in [-0.2, -0.15) is 0 Å². The number of thiazole rings is 1. The van der Waals surface area contributed by atoms with E-state index >= 15 is 0 Å². The van der Waals surface area contributed by atoms with Gasteiger partial charge in [0.15, 0.2) is 11.6 Å². The summed E-state index contributed by atoms with van der Waals surface area (Å²) in [6.07, 6.45) is -0.00247. The van der Waals surface area contributed by atoms with Crippen LogP contribution >= 0.6 is 22.9 Å². The molecule has 19 heavy (non-hydrogen) atoms. The molecule has 0 aliphatic rings. The van der Waals surface area contributed by atoms with E-state index in [4.69, 9.17) is 11.6 Å². The van der Waals surface area contributed by atoms with Crippen LogP contribution in [-0.2, 0) is 17.1 Å². The van der Waals surface area contributed by atoms with Crippen LogP contribution in [0.15, 0.2) is 23.6 Å². The number of amides is 1. The summed E-state index contributed by atoms with van der Waals surface area (Å²) in [5, 5.41) is 4.63. The van der Waals surface area contributed by atoms with Crippen LogP contribution < -0.4 is 5.32 Å². The number of alkyl halides is 1. The van der Waals surface area contributed by atoms with Crippen molar-refractivity contribution in [1.29, 1.82) is 0 Å².